The molecule has 2 unspecified atom stereocenters. The van der Waals surface area contributed by atoms with E-state index in [4.69, 9.17) is 10.5 Å². The van der Waals surface area contributed by atoms with Crippen LogP contribution < -0.4 is 10.5 Å². The number of ether oxygens (including phenoxy) is 1. The molecule has 2 rings (SSSR count). The average Bonchev–Trinajstić information content (AvgIpc) is 2.92. The maximum atomic E-state index is 12.0. The molecular formula is C15H24N2O3S. The average molecular weight is 312 g/mol. The number of hydrogen-bond acceptors (Lipinski definition) is 4. The first-order valence-electron chi connectivity index (χ1n) is 7.30. The summed E-state index contributed by atoms with van der Waals surface area (Å²) in [6, 6.07) is 6.59. The first-order chi connectivity index (χ1) is 9.95. The van der Waals surface area contributed by atoms with Crippen LogP contribution in [0.15, 0.2) is 29.2 Å². The van der Waals surface area contributed by atoms with Crippen LogP contribution >= 0.6 is 0 Å². The minimum Gasteiger partial charge on any atom is -0.493 e. The maximum Gasteiger partial charge on any atom is 0.242 e. The van der Waals surface area contributed by atoms with Crippen LogP contribution in [0.1, 0.15) is 19.3 Å². The van der Waals surface area contributed by atoms with Crippen molar-refractivity contribution < 1.29 is 13.2 Å². The zero-order valence-electron chi connectivity index (χ0n) is 12.7. The zero-order chi connectivity index (χ0) is 15.5. The van der Waals surface area contributed by atoms with Crippen LogP contribution in [0.4, 0.5) is 0 Å². The van der Waals surface area contributed by atoms with E-state index >= 15 is 0 Å². The summed E-state index contributed by atoms with van der Waals surface area (Å²) in [7, 11) is -0.334. The minimum absolute atomic E-state index is 0.278. The zero-order valence-corrected chi connectivity index (χ0v) is 13.5. The van der Waals surface area contributed by atoms with E-state index in [2.05, 4.69) is 0 Å². The molecule has 118 valence electrons. The third-order valence-corrected chi connectivity index (χ3v) is 6.01. The Labute approximate surface area is 127 Å². The fourth-order valence-corrected chi connectivity index (χ4v) is 3.67. The molecule has 0 bridgehead atoms. The van der Waals surface area contributed by atoms with Crippen LogP contribution in [-0.2, 0) is 10.0 Å². The predicted molar refractivity (Wildman–Crippen MR) is 82.7 cm³/mol. The Bertz CT molecular complexity index is 555. The number of hydrogen-bond donors (Lipinski definition) is 1. The minimum atomic E-state index is -3.38. The van der Waals surface area contributed by atoms with Crippen molar-refractivity contribution in [2.75, 3.05) is 27.2 Å². The summed E-state index contributed by atoms with van der Waals surface area (Å²) in [6.07, 6.45) is 3.56. The topological polar surface area (TPSA) is 72.6 Å². The molecule has 0 saturated heterocycles. The molecule has 1 aromatic carbocycles. The molecule has 1 saturated carbocycles. The van der Waals surface area contributed by atoms with Gasteiger partial charge >= 0.3 is 0 Å². The van der Waals surface area contributed by atoms with Crippen LogP contribution in [0.25, 0.3) is 0 Å². The van der Waals surface area contributed by atoms with Gasteiger partial charge in [-0.25, -0.2) is 12.7 Å². The van der Waals surface area contributed by atoms with E-state index in [9.17, 15) is 8.42 Å². The van der Waals surface area contributed by atoms with Crippen molar-refractivity contribution in [1.82, 2.24) is 4.31 Å². The van der Waals surface area contributed by atoms with E-state index in [1.165, 1.54) is 31.2 Å². The highest BCUT2D eigenvalue weighted by molar-refractivity contribution is 7.89. The van der Waals surface area contributed by atoms with Crippen molar-refractivity contribution in [3.05, 3.63) is 24.3 Å². The second-order valence-corrected chi connectivity index (χ2v) is 7.91. The highest BCUT2D eigenvalue weighted by atomic mass is 32.2. The summed E-state index contributed by atoms with van der Waals surface area (Å²) < 4.78 is 30.9. The fraction of sp³-hybridized carbons (Fsp3) is 0.600. The van der Waals surface area contributed by atoms with Gasteiger partial charge in [0.05, 0.1) is 11.5 Å². The highest BCUT2D eigenvalue weighted by Crippen LogP contribution is 2.31. The molecule has 2 N–H and O–H groups in total. The van der Waals surface area contributed by atoms with Gasteiger partial charge in [0.2, 0.25) is 10.0 Å². The van der Waals surface area contributed by atoms with Gasteiger partial charge in [0.15, 0.2) is 0 Å². The van der Waals surface area contributed by atoms with E-state index in [1.807, 2.05) is 0 Å². The van der Waals surface area contributed by atoms with E-state index < -0.39 is 10.0 Å². The molecule has 6 heteroatoms. The number of benzene rings is 1. The third-order valence-electron chi connectivity index (χ3n) is 4.19. The van der Waals surface area contributed by atoms with Gasteiger partial charge in [-0.15, -0.1) is 0 Å². The van der Waals surface area contributed by atoms with Crippen molar-refractivity contribution >= 4 is 10.0 Å². The van der Waals surface area contributed by atoms with E-state index in [0.29, 0.717) is 30.7 Å². The Kier molecular flexibility index (Phi) is 5.24. The molecule has 1 fully saturated rings. The van der Waals surface area contributed by atoms with Crippen LogP contribution in [0.3, 0.4) is 0 Å². The Hall–Kier alpha value is -1.11. The lowest BCUT2D eigenvalue weighted by atomic mass is 9.97. The molecule has 2 atom stereocenters. The molecule has 0 amide bonds. The normalized spacial score (nSPS) is 22.7. The first-order valence-corrected chi connectivity index (χ1v) is 8.74. The molecule has 0 heterocycles. The number of nitrogens with zero attached hydrogens (tertiary/aromatic N) is 1. The van der Waals surface area contributed by atoms with Crippen LogP contribution in [-0.4, -0.2) is 40.0 Å². The lowest BCUT2D eigenvalue weighted by molar-refractivity contribution is 0.217. The largest absolute Gasteiger partial charge is 0.493 e. The second kappa shape index (κ2) is 6.77. The molecule has 1 aromatic rings. The number of sulfonamides is 1. The van der Waals surface area contributed by atoms with Gasteiger partial charge in [0.1, 0.15) is 5.75 Å². The molecule has 1 aliphatic carbocycles. The van der Waals surface area contributed by atoms with Gasteiger partial charge in [0.25, 0.3) is 0 Å². The Balaban J connectivity index is 1.97. The van der Waals surface area contributed by atoms with Crippen molar-refractivity contribution in [1.29, 1.82) is 0 Å². The molecule has 0 spiro atoms. The molecule has 1 aliphatic rings. The highest BCUT2D eigenvalue weighted by Gasteiger charge is 2.26. The Morgan fingerprint density at radius 1 is 1.19 bits per heavy atom. The van der Waals surface area contributed by atoms with Crippen molar-refractivity contribution in [2.24, 2.45) is 17.6 Å². The van der Waals surface area contributed by atoms with E-state index in [-0.39, 0.29) is 4.90 Å². The van der Waals surface area contributed by atoms with Gasteiger partial charge in [-0.2, -0.15) is 0 Å². The SMILES string of the molecule is CN(C)S(=O)(=O)c1ccc(OCC2CCCC2CN)cc1. The smallest absolute Gasteiger partial charge is 0.242 e. The molecule has 5 nitrogen and oxygen atoms in total. The molecular weight excluding hydrogens is 288 g/mol. The summed E-state index contributed by atoms with van der Waals surface area (Å²) in [6.45, 7) is 1.37. The predicted octanol–water partition coefficient (Wildman–Crippen LogP) is 1.69. The second-order valence-electron chi connectivity index (χ2n) is 5.76. The van der Waals surface area contributed by atoms with Crippen LogP contribution in [0.5, 0.6) is 5.75 Å². The molecule has 0 radical (unpaired) electrons. The van der Waals surface area contributed by atoms with Crippen LogP contribution in [0.2, 0.25) is 0 Å². The van der Waals surface area contributed by atoms with Gasteiger partial charge in [-0.05, 0) is 55.5 Å². The van der Waals surface area contributed by atoms with Crippen molar-refractivity contribution in [3.63, 3.8) is 0 Å². The molecule has 21 heavy (non-hydrogen) atoms. The molecule has 0 aliphatic heterocycles. The van der Waals surface area contributed by atoms with Gasteiger partial charge in [-0.3, -0.25) is 0 Å². The quantitative estimate of drug-likeness (QED) is 0.867. The number of rotatable bonds is 6. The lowest BCUT2D eigenvalue weighted by Gasteiger charge is -2.18. The summed E-state index contributed by atoms with van der Waals surface area (Å²) in [5, 5.41) is 0. The summed E-state index contributed by atoms with van der Waals surface area (Å²) in [5.74, 6) is 1.77. The van der Waals surface area contributed by atoms with Crippen LogP contribution in [0, 0.1) is 11.8 Å². The number of nitrogens with two attached hydrogens (primary N) is 1. The van der Waals surface area contributed by atoms with E-state index in [1.54, 1.807) is 24.3 Å². The lowest BCUT2D eigenvalue weighted by Crippen LogP contribution is -2.23. The summed E-state index contributed by atoms with van der Waals surface area (Å²) in [4.78, 5) is 0.278. The Morgan fingerprint density at radius 2 is 1.81 bits per heavy atom. The maximum absolute atomic E-state index is 12.0. The first kappa shape index (κ1) is 16.3. The standard InChI is InChI=1S/C15H24N2O3S/c1-17(2)21(18,19)15-8-6-14(7-9-15)20-11-13-5-3-4-12(13)10-16/h6-9,12-13H,3-5,10-11,16H2,1-2H3. The molecule has 0 aromatic heterocycles. The fourth-order valence-electron chi connectivity index (χ4n) is 2.77. The van der Waals surface area contributed by atoms with Gasteiger partial charge in [0, 0.05) is 14.1 Å². The van der Waals surface area contributed by atoms with Gasteiger partial charge < -0.3 is 10.5 Å². The summed E-state index contributed by atoms with van der Waals surface area (Å²) >= 11 is 0. The monoisotopic (exact) mass is 312 g/mol. The Morgan fingerprint density at radius 3 is 2.38 bits per heavy atom. The van der Waals surface area contributed by atoms with Crippen molar-refractivity contribution in [2.45, 2.75) is 24.2 Å². The summed E-state index contributed by atoms with van der Waals surface area (Å²) in [5.41, 5.74) is 5.76. The van der Waals surface area contributed by atoms with Crippen molar-refractivity contribution in [3.8, 4) is 5.75 Å². The van der Waals surface area contributed by atoms with Gasteiger partial charge in [-0.1, -0.05) is 6.42 Å². The third kappa shape index (κ3) is 3.75. The van der Waals surface area contributed by atoms with E-state index in [0.717, 1.165) is 6.42 Å².